The summed E-state index contributed by atoms with van der Waals surface area (Å²) in [7, 11) is 0. The van der Waals surface area contributed by atoms with Gasteiger partial charge in [0.25, 0.3) is 0 Å². The van der Waals surface area contributed by atoms with Crippen molar-refractivity contribution in [2.75, 3.05) is 0 Å². The topological polar surface area (TPSA) is 34.1 Å². The predicted octanol–water partition coefficient (Wildman–Crippen LogP) is 2.47. The molecule has 0 spiro atoms. The number of hydrogen-bond acceptors (Lipinski definition) is 2. The summed E-state index contributed by atoms with van der Waals surface area (Å²) in [6.07, 6.45) is 3.49. The third-order valence-electron chi connectivity index (χ3n) is 3.67. The van der Waals surface area contributed by atoms with E-state index in [1.165, 1.54) is 0 Å². The molecule has 0 heterocycles. The maximum atomic E-state index is 11.2. The monoisotopic (exact) mass is 220 g/mol. The Kier molecular flexibility index (Phi) is 1.97. The number of carbonyl (C=O) groups excluding carboxylic acids is 2. The highest BCUT2D eigenvalue weighted by Crippen LogP contribution is 2.63. The summed E-state index contributed by atoms with van der Waals surface area (Å²) < 4.78 is 0. The van der Waals surface area contributed by atoms with Gasteiger partial charge in [-0.15, -0.1) is 0 Å². The number of hydrogen-bond donors (Lipinski definition) is 0. The minimum atomic E-state index is -0.424. The van der Waals surface area contributed by atoms with Gasteiger partial charge in [0, 0.05) is 10.8 Å². The Morgan fingerprint density at radius 2 is 1.15 bits per heavy atom. The summed E-state index contributed by atoms with van der Waals surface area (Å²) in [4.78, 5) is 22.4. The summed E-state index contributed by atoms with van der Waals surface area (Å²) >= 11 is 11.1. The van der Waals surface area contributed by atoms with Gasteiger partial charge in [0.2, 0.25) is 10.5 Å². The molecule has 2 bridgehead atoms. The molecule has 13 heavy (non-hydrogen) atoms. The van der Waals surface area contributed by atoms with E-state index in [0.29, 0.717) is 6.42 Å². The van der Waals surface area contributed by atoms with Crippen LogP contribution in [0.4, 0.5) is 0 Å². The van der Waals surface area contributed by atoms with Gasteiger partial charge in [-0.25, -0.2) is 0 Å². The van der Waals surface area contributed by atoms with Crippen molar-refractivity contribution in [3.05, 3.63) is 0 Å². The molecule has 0 aromatic carbocycles. The van der Waals surface area contributed by atoms with Crippen molar-refractivity contribution in [2.24, 2.45) is 10.8 Å². The van der Waals surface area contributed by atoms with Gasteiger partial charge in [-0.2, -0.15) is 0 Å². The van der Waals surface area contributed by atoms with Crippen molar-refractivity contribution < 1.29 is 9.59 Å². The highest BCUT2D eigenvalue weighted by atomic mass is 35.5. The lowest BCUT2D eigenvalue weighted by molar-refractivity contribution is -0.120. The Labute approximate surface area is 86.6 Å². The molecule has 0 atom stereocenters. The SMILES string of the molecule is O=C(Cl)C12CCC(C(=O)Cl)(CC1)C2. The largest absolute Gasteiger partial charge is 0.281 e. The Morgan fingerprint density at radius 1 is 0.846 bits per heavy atom. The quantitative estimate of drug-likeness (QED) is 0.671. The molecule has 4 heteroatoms. The van der Waals surface area contributed by atoms with Gasteiger partial charge in [0.1, 0.15) is 0 Å². The van der Waals surface area contributed by atoms with E-state index in [-0.39, 0.29) is 10.5 Å². The van der Waals surface area contributed by atoms with Crippen molar-refractivity contribution in [2.45, 2.75) is 32.1 Å². The van der Waals surface area contributed by atoms with Gasteiger partial charge >= 0.3 is 0 Å². The fraction of sp³-hybridized carbons (Fsp3) is 0.778. The first-order chi connectivity index (χ1) is 6.01. The molecule has 72 valence electrons. The molecule has 0 saturated heterocycles. The fourth-order valence-electron chi connectivity index (χ4n) is 2.74. The van der Waals surface area contributed by atoms with E-state index in [9.17, 15) is 9.59 Å². The van der Waals surface area contributed by atoms with Crippen LogP contribution in [0.5, 0.6) is 0 Å². The van der Waals surface area contributed by atoms with E-state index in [0.717, 1.165) is 25.7 Å². The summed E-state index contributed by atoms with van der Waals surface area (Å²) in [6.45, 7) is 0. The van der Waals surface area contributed by atoms with Gasteiger partial charge in [-0.1, -0.05) is 0 Å². The van der Waals surface area contributed by atoms with Crippen molar-refractivity contribution in [1.82, 2.24) is 0 Å². The molecule has 2 fully saturated rings. The maximum Gasteiger partial charge on any atom is 0.227 e. The summed E-state index contributed by atoms with van der Waals surface area (Å²) in [5.74, 6) is 0. The second-order valence-electron chi connectivity index (χ2n) is 4.28. The number of halogens is 2. The average molecular weight is 221 g/mol. The predicted molar refractivity (Wildman–Crippen MR) is 49.7 cm³/mol. The first kappa shape index (κ1) is 9.47. The zero-order valence-electron chi connectivity index (χ0n) is 7.11. The summed E-state index contributed by atoms with van der Waals surface area (Å²) in [6, 6.07) is 0. The Morgan fingerprint density at radius 3 is 1.31 bits per heavy atom. The van der Waals surface area contributed by atoms with Crippen molar-refractivity contribution in [3.63, 3.8) is 0 Å². The van der Waals surface area contributed by atoms with Crippen LogP contribution in [0.25, 0.3) is 0 Å². The molecule has 2 aliphatic rings. The van der Waals surface area contributed by atoms with E-state index < -0.39 is 10.8 Å². The standard InChI is InChI=1S/C9H10Cl2O2/c10-6(12)8-1-2-9(5-8,4-3-8)7(11)13/h1-5H2. The van der Waals surface area contributed by atoms with Gasteiger partial charge in [0.05, 0.1) is 0 Å². The van der Waals surface area contributed by atoms with E-state index in [1.54, 1.807) is 0 Å². The molecule has 0 aromatic heterocycles. The Balaban J connectivity index is 2.29. The first-order valence-corrected chi connectivity index (χ1v) is 5.16. The van der Waals surface area contributed by atoms with Crippen LogP contribution in [0, 0.1) is 10.8 Å². The average Bonchev–Trinajstić information content (AvgIpc) is 2.61. The minimum absolute atomic E-state index is 0.287. The second-order valence-corrected chi connectivity index (χ2v) is 4.97. The molecule has 0 N–H and O–H groups in total. The number of carbonyl (C=O) groups is 2. The van der Waals surface area contributed by atoms with Crippen LogP contribution < -0.4 is 0 Å². The molecule has 2 saturated carbocycles. The highest BCUT2D eigenvalue weighted by Gasteiger charge is 2.60. The third-order valence-corrected chi connectivity index (χ3v) is 4.48. The number of fused-ring (bicyclic) bond motifs is 2. The van der Waals surface area contributed by atoms with E-state index in [2.05, 4.69) is 0 Å². The highest BCUT2D eigenvalue weighted by molar-refractivity contribution is 6.66. The van der Waals surface area contributed by atoms with Gasteiger partial charge < -0.3 is 0 Å². The zero-order valence-corrected chi connectivity index (χ0v) is 8.62. The van der Waals surface area contributed by atoms with Crippen LogP contribution >= 0.6 is 23.2 Å². The van der Waals surface area contributed by atoms with Crippen LogP contribution in [-0.2, 0) is 9.59 Å². The van der Waals surface area contributed by atoms with Gasteiger partial charge in [0.15, 0.2) is 0 Å². The van der Waals surface area contributed by atoms with Gasteiger partial charge in [-0.3, -0.25) is 9.59 Å². The van der Waals surface area contributed by atoms with Crippen LogP contribution in [0.2, 0.25) is 0 Å². The molecule has 2 nitrogen and oxygen atoms in total. The van der Waals surface area contributed by atoms with Crippen molar-refractivity contribution >= 4 is 33.7 Å². The number of rotatable bonds is 2. The first-order valence-electron chi connectivity index (χ1n) is 4.41. The Hall–Kier alpha value is -0.0800. The third kappa shape index (κ3) is 1.15. The second kappa shape index (κ2) is 2.71. The lowest BCUT2D eigenvalue weighted by atomic mass is 9.83. The van der Waals surface area contributed by atoms with Crippen LogP contribution in [0.1, 0.15) is 32.1 Å². The molecular formula is C9H10Cl2O2. The summed E-state index contributed by atoms with van der Waals surface area (Å²) in [5, 5.41) is -0.574. The van der Waals surface area contributed by atoms with Gasteiger partial charge in [-0.05, 0) is 55.3 Å². The maximum absolute atomic E-state index is 11.2. The van der Waals surface area contributed by atoms with Crippen LogP contribution in [0.15, 0.2) is 0 Å². The van der Waals surface area contributed by atoms with Crippen molar-refractivity contribution in [1.29, 1.82) is 0 Å². The molecular weight excluding hydrogens is 211 g/mol. The minimum Gasteiger partial charge on any atom is -0.281 e. The fourth-order valence-corrected chi connectivity index (χ4v) is 3.25. The molecule has 0 unspecified atom stereocenters. The molecule has 2 rings (SSSR count). The summed E-state index contributed by atoms with van der Waals surface area (Å²) in [5.41, 5.74) is -0.849. The zero-order chi connectivity index (χ0) is 9.69. The van der Waals surface area contributed by atoms with Crippen LogP contribution in [0.3, 0.4) is 0 Å². The van der Waals surface area contributed by atoms with Crippen LogP contribution in [-0.4, -0.2) is 10.5 Å². The lowest BCUT2D eigenvalue weighted by Crippen LogP contribution is -2.21. The molecule has 0 aromatic rings. The lowest BCUT2D eigenvalue weighted by Gasteiger charge is -2.22. The Bertz CT molecular complexity index is 249. The molecule has 0 aliphatic heterocycles. The normalized spacial score (nSPS) is 42.3. The molecule has 0 amide bonds. The van der Waals surface area contributed by atoms with E-state index >= 15 is 0 Å². The van der Waals surface area contributed by atoms with E-state index in [1.807, 2.05) is 0 Å². The molecule has 2 aliphatic carbocycles. The smallest absolute Gasteiger partial charge is 0.227 e. The van der Waals surface area contributed by atoms with E-state index in [4.69, 9.17) is 23.2 Å². The molecule has 0 radical (unpaired) electrons. The van der Waals surface area contributed by atoms with Crippen molar-refractivity contribution in [3.8, 4) is 0 Å².